The van der Waals surface area contributed by atoms with Crippen molar-refractivity contribution in [2.24, 2.45) is 4.99 Å². The predicted octanol–water partition coefficient (Wildman–Crippen LogP) is 4.50. The van der Waals surface area contributed by atoms with Gasteiger partial charge in [-0.2, -0.15) is 0 Å². The monoisotopic (exact) mass is 508 g/mol. The highest BCUT2D eigenvalue weighted by Crippen LogP contribution is 2.33. The van der Waals surface area contributed by atoms with E-state index in [1.54, 1.807) is 27.0 Å². The van der Waals surface area contributed by atoms with Gasteiger partial charge in [-0.05, 0) is 56.4 Å². The lowest BCUT2D eigenvalue weighted by Gasteiger charge is -2.21. The lowest BCUT2D eigenvalue weighted by molar-refractivity contribution is -0.111. The SMILES string of the molecule is CC1=CNC(=C2NC(C(C)(C)O)=CS2)C=C1N=C(C)C=C(OCc1ncc(F)cc1F)C(=O)Cl. The second-order valence-corrected chi connectivity index (χ2v) is 9.21. The third-order valence-corrected chi connectivity index (χ3v) is 5.75. The first-order chi connectivity index (χ1) is 15.9. The zero-order valence-electron chi connectivity index (χ0n) is 18.9. The van der Waals surface area contributed by atoms with Crippen LogP contribution in [-0.4, -0.2) is 26.6 Å². The van der Waals surface area contributed by atoms with Crippen LogP contribution in [0.3, 0.4) is 0 Å². The Morgan fingerprint density at radius 2 is 2.15 bits per heavy atom. The minimum Gasteiger partial charge on any atom is -0.482 e. The molecule has 0 aliphatic carbocycles. The number of pyridine rings is 1. The van der Waals surface area contributed by atoms with Gasteiger partial charge in [0.2, 0.25) is 0 Å². The van der Waals surface area contributed by atoms with E-state index in [4.69, 9.17) is 16.3 Å². The Bertz CT molecular complexity index is 1200. The molecule has 1 aromatic heterocycles. The summed E-state index contributed by atoms with van der Waals surface area (Å²) in [6.07, 6.45) is 5.79. The van der Waals surface area contributed by atoms with Crippen LogP contribution in [0.2, 0.25) is 0 Å². The fourth-order valence-corrected chi connectivity index (χ4v) is 3.90. The molecular weight excluding hydrogens is 486 g/mol. The first-order valence-electron chi connectivity index (χ1n) is 10.1. The van der Waals surface area contributed by atoms with Crippen molar-refractivity contribution in [1.29, 1.82) is 0 Å². The molecule has 34 heavy (non-hydrogen) atoms. The summed E-state index contributed by atoms with van der Waals surface area (Å²) in [6, 6.07) is 0.673. The van der Waals surface area contributed by atoms with Crippen LogP contribution in [0.25, 0.3) is 0 Å². The summed E-state index contributed by atoms with van der Waals surface area (Å²) < 4.78 is 32.1. The van der Waals surface area contributed by atoms with Crippen LogP contribution in [0.5, 0.6) is 0 Å². The van der Waals surface area contributed by atoms with Crippen molar-refractivity contribution in [3.8, 4) is 0 Å². The predicted molar refractivity (Wildman–Crippen MR) is 128 cm³/mol. The number of dihydropyridines is 1. The average Bonchev–Trinajstić information content (AvgIpc) is 3.24. The number of rotatable bonds is 7. The summed E-state index contributed by atoms with van der Waals surface area (Å²) in [5, 5.41) is 18.3. The Morgan fingerprint density at radius 3 is 2.76 bits per heavy atom. The van der Waals surface area contributed by atoms with Crippen LogP contribution in [-0.2, 0) is 16.1 Å². The second kappa shape index (κ2) is 10.5. The number of nitrogens with zero attached hydrogens (tertiary/aromatic N) is 2. The van der Waals surface area contributed by atoms with E-state index in [-0.39, 0.29) is 11.5 Å². The smallest absolute Gasteiger partial charge is 0.287 e. The molecule has 0 radical (unpaired) electrons. The van der Waals surface area contributed by atoms with E-state index in [0.717, 1.165) is 22.5 Å². The third-order valence-electron chi connectivity index (χ3n) is 4.65. The number of aliphatic imine (C=N–C) groups is 1. The van der Waals surface area contributed by atoms with E-state index >= 15 is 0 Å². The number of aromatic nitrogens is 1. The van der Waals surface area contributed by atoms with Gasteiger partial charge in [-0.15, -0.1) is 0 Å². The van der Waals surface area contributed by atoms with Gasteiger partial charge >= 0.3 is 0 Å². The minimum absolute atomic E-state index is 0.170. The van der Waals surface area contributed by atoms with Gasteiger partial charge in [0.15, 0.2) is 11.6 Å². The molecule has 7 nitrogen and oxygen atoms in total. The lowest BCUT2D eigenvalue weighted by atomic mass is 10.1. The molecule has 3 heterocycles. The maximum absolute atomic E-state index is 13.8. The van der Waals surface area contributed by atoms with E-state index in [9.17, 15) is 18.7 Å². The van der Waals surface area contributed by atoms with Crippen molar-refractivity contribution < 1.29 is 23.4 Å². The molecule has 0 bridgehead atoms. The lowest BCUT2D eigenvalue weighted by Crippen LogP contribution is -2.29. The van der Waals surface area contributed by atoms with Crippen molar-refractivity contribution in [1.82, 2.24) is 15.6 Å². The molecule has 0 aromatic carbocycles. The number of carbonyl (C=O) groups is 1. The molecule has 0 fully saturated rings. The largest absolute Gasteiger partial charge is 0.482 e. The van der Waals surface area contributed by atoms with E-state index in [2.05, 4.69) is 20.6 Å². The van der Waals surface area contributed by atoms with Crippen LogP contribution in [0.4, 0.5) is 8.78 Å². The van der Waals surface area contributed by atoms with Crippen LogP contribution < -0.4 is 10.6 Å². The van der Waals surface area contributed by atoms with E-state index in [1.165, 1.54) is 17.8 Å². The first kappa shape index (κ1) is 25.7. The number of hydrogen-bond donors (Lipinski definition) is 3. The van der Waals surface area contributed by atoms with Crippen molar-refractivity contribution in [3.05, 3.63) is 86.8 Å². The summed E-state index contributed by atoms with van der Waals surface area (Å²) in [5.41, 5.74) is 2.14. The van der Waals surface area contributed by atoms with Crippen molar-refractivity contribution >= 4 is 34.3 Å². The fraction of sp³-hybridized carbons (Fsp3) is 0.261. The van der Waals surface area contributed by atoms with Gasteiger partial charge in [-0.1, -0.05) is 11.8 Å². The zero-order chi connectivity index (χ0) is 25.0. The second-order valence-electron chi connectivity index (χ2n) is 7.98. The Hall–Kier alpha value is -2.95. The first-order valence-corrected chi connectivity index (χ1v) is 11.4. The van der Waals surface area contributed by atoms with Crippen LogP contribution in [0.1, 0.15) is 33.4 Å². The third kappa shape index (κ3) is 6.55. The molecule has 0 unspecified atom stereocenters. The quantitative estimate of drug-likeness (QED) is 0.216. The summed E-state index contributed by atoms with van der Waals surface area (Å²) in [5.74, 6) is -1.97. The molecule has 2 aliphatic rings. The molecule has 0 saturated heterocycles. The molecule has 0 spiro atoms. The number of halogens is 3. The highest BCUT2D eigenvalue weighted by atomic mass is 35.5. The van der Waals surface area contributed by atoms with Crippen LogP contribution >= 0.6 is 23.4 Å². The highest BCUT2D eigenvalue weighted by Gasteiger charge is 2.26. The maximum Gasteiger partial charge on any atom is 0.287 e. The number of hydrogen-bond acceptors (Lipinski definition) is 8. The minimum atomic E-state index is -1.00. The molecule has 0 amide bonds. The zero-order valence-corrected chi connectivity index (χ0v) is 20.4. The molecule has 0 saturated carbocycles. The van der Waals surface area contributed by atoms with Gasteiger partial charge in [-0.25, -0.2) is 8.78 Å². The van der Waals surface area contributed by atoms with Gasteiger partial charge in [0.05, 0.1) is 28.9 Å². The summed E-state index contributed by atoms with van der Waals surface area (Å²) >= 11 is 7.04. The van der Waals surface area contributed by atoms with Crippen LogP contribution in [0, 0.1) is 11.6 Å². The summed E-state index contributed by atoms with van der Waals surface area (Å²) in [7, 11) is 0. The summed E-state index contributed by atoms with van der Waals surface area (Å²) in [6.45, 7) is 6.49. The molecule has 11 heteroatoms. The van der Waals surface area contributed by atoms with Gasteiger partial charge < -0.3 is 20.5 Å². The van der Waals surface area contributed by atoms with Gasteiger partial charge in [0, 0.05) is 24.1 Å². The number of carbonyl (C=O) groups excluding carboxylic acids is 1. The van der Waals surface area contributed by atoms with Gasteiger partial charge in [0.25, 0.3) is 5.24 Å². The van der Waals surface area contributed by atoms with Gasteiger partial charge in [-0.3, -0.25) is 14.8 Å². The van der Waals surface area contributed by atoms with E-state index in [1.807, 2.05) is 18.4 Å². The maximum atomic E-state index is 13.8. The number of ether oxygens (including phenoxy) is 1. The van der Waals surface area contributed by atoms with E-state index in [0.29, 0.717) is 23.2 Å². The Labute approximate surface area is 205 Å². The summed E-state index contributed by atoms with van der Waals surface area (Å²) in [4.78, 5) is 19.9. The fourth-order valence-electron chi connectivity index (χ4n) is 2.79. The molecule has 180 valence electrons. The van der Waals surface area contributed by atoms with Crippen molar-refractivity contribution in [2.75, 3.05) is 0 Å². The molecule has 1 aromatic rings. The molecule has 2 aliphatic heterocycles. The van der Waals surface area contributed by atoms with Crippen LogP contribution in [0.15, 0.2) is 74.5 Å². The highest BCUT2D eigenvalue weighted by molar-refractivity contribution is 8.06. The molecular formula is C23H23ClF2N4O3S. The molecule has 3 N–H and O–H groups in total. The van der Waals surface area contributed by atoms with Crippen molar-refractivity contribution in [3.63, 3.8) is 0 Å². The Morgan fingerprint density at radius 1 is 1.41 bits per heavy atom. The van der Waals surface area contributed by atoms with Crippen molar-refractivity contribution in [2.45, 2.75) is 39.9 Å². The average molecular weight is 509 g/mol. The normalized spacial score (nSPS) is 19.1. The Balaban J connectivity index is 1.79. The number of nitrogens with one attached hydrogen (secondary N) is 2. The molecule has 3 rings (SSSR count). The van der Waals surface area contributed by atoms with Gasteiger partial charge in [0.1, 0.15) is 23.1 Å². The number of aliphatic hydroxyl groups is 1. The Kier molecular flexibility index (Phi) is 7.96. The molecule has 0 atom stereocenters. The number of thioether (sulfide) groups is 1. The topological polar surface area (TPSA) is 95.8 Å². The standard InChI is InChI=1S/C23H23ClF2N4O3S/c1-12-8-27-17(22-30-20(11-34-22)23(3,4)32)7-16(12)29-13(2)5-19(21(24)31)33-10-18-15(26)6-14(25)9-28-18/h5-9,11,27,30,32H,10H2,1-4H3. The number of allylic oxidation sites excluding steroid dienone is 4. The van der Waals surface area contributed by atoms with E-state index < -0.39 is 29.1 Å².